The summed E-state index contributed by atoms with van der Waals surface area (Å²) < 4.78 is 33.7. The zero-order valence-corrected chi connectivity index (χ0v) is 43.5. The standard InChI is InChI=1S/C55H100O15/c1-3-5-7-9-11-13-15-17-19-21-23-25-27-29-31-33-35-37-46(57)65-40-43(68-47(58)38-36-34-32-30-28-26-24-22-20-18-16-14-12-10-8-6-4-2)41-66-54-53(64)51(62)49(60)45(70-54)42-67-55-52(63)50(61)48(59)44(39-56)69-55/h17-20,43-45,48-56,59-64H,3-16,21-42H2,1-2H3/b19-17+,20-18+/t43-,44-,45-,48+,49+,50+,51+,52-,53-,54-,55+/m1/s1. The minimum atomic E-state index is -1.76. The van der Waals surface area contributed by atoms with Gasteiger partial charge in [0.1, 0.15) is 55.4 Å². The van der Waals surface area contributed by atoms with Gasteiger partial charge in [-0.1, -0.05) is 167 Å². The average Bonchev–Trinajstić information content (AvgIpc) is 3.35. The summed E-state index contributed by atoms with van der Waals surface area (Å²) in [5.74, 6) is -0.927. The Bertz CT molecular complexity index is 1310. The number of aliphatic hydroxyl groups excluding tert-OH is 7. The molecule has 0 radical (unpaired) electrons. The molecule has 2 fully saturated rings. The van der Waals surface area contributed by atoms with E-state index in [-0.39, 0.29) is 26.1 Å². The second kappa shape index (κ2) is 42.3. The van der Waals surface area contributed by atoms with Crippen LogP contribution in [-0.2, 0) is 38.0 Å². The first-order valence-corrected chi connectivity index (χ1v) is 27.9. The fraction of sp³-hybridized carbons (Fsp3) is 0.891. The molecular weight excluding hydrogens is 901 g/mol. The summed E-state index contributed by atoms with van der Waals surface area (Å²) >= 11 is 0. The monoisotopic (exact) mass is 1000 g/mol. The van der Waals surface area contributed by atoms with Crippen molar-refractivity contribution < 1.29 is 73.8 Å². The van der Waals surface area contributed by atoms with Crippen molar-refractivity contribution >= 4 is 11.9 Å². The van der Waals surface area contributed by atoms with E-state index in [0.717, 1.165) is 57.8 Å². The van der Waals surface area contributed by atoms with Gasteiger partial charge >= 0.3 is 11.9 Å². The molecule has 0 spiro atoms. The Morgan fingerprint density at radius 1 is 0.443 bits per heavy atom. The molecule has 70 heavy (non-hydrogen) atoms. The van der Waals surface area contributed by atoms with E-state index in [9.17, 15) is 45.3 Å². The molecule has 410 valence electrons. The SMILES string of the molecule is CCCCCCCC/C=C/CCCCCCCCCC(=O)OC[C@H](CO[C@@H]1O[C@H](CO[C@H]2O[C@H](CO)[C@H](O)[C@H](O)[C@H]2O)[C@H](O)[C@H](O)[C@H]1O)OC(=O)CCCCCCCCC/C=C/CCCCCCCC. The molecule has 7 N–H and O–H groups in total. The molecule has 2 heterocycles. The van der Waals surface area contributed by atoms with E-state index in [1.807, 2.05) is 0 Å². The van der Waals surface area contributed by atoms with Crippen LogP contribution in [0, 0.1) is 0 Å². The van der Waals surface area contributed by atoms with Crippen LogP contribution in [0.25, 0.3) is 0 Å². The summed E-state index contributed by atoms with van der Waals surface area (Å²) in [6.45, 7) is 2.60. The maximum Gasteiger partial charge on any atom is 0.306 e. The zero-order valence-electron chi connectivity index (χ0n) is 43.5. The molecule has 2 rings (SSSR count). The van der Waals surface area contributed by atoms with Crippen molar-refractivity contribution in [2.45, 2.75) is 287 Å². The first kappa shape index (κ1) is 64.1. The number of allylic oxidation sites excluding steroid dienone is 4. The Labute approximate surface area is 422 Å². The van der Waals surface area contributed by atoms with Crippen LogP contribution in [0.2, 0.25) is 0 Å². The molecule has 2 saturated heterocycles. The Morgan fingerprint density at radius 2 is 0.814 bits per heavy atom. The second-order valence-electron chi connectivity index (χ2n) is 19.8. The van der Waals surface area contributed by atoms with Gasteiger partial charge in [-0.2, -0.15) is 0 Å². The maximum absolute atomic E-state index is 13.0. The van der Waals surface area contributed by atoms with Gasteiger partial charge in [0.15, 0.2) is 18.7 Å². The lowest BCUT2D eigenvalue weighted by molar-refractivity contribution is -0.332. The van der Waals surface area contributed by atoms with Gasteiger partial charge in [-0.05, 0) is 64.2 Å². The third kappa shape index (κ3) is 29.6. The zero-order chi connectivity index (χ0) is 51.0. The minimum Gasteiger partial charge on any atom is -0.462 e. The fourth-order valence-electron chi connectivity index (χ4n) is 8.80. The summed E-state index contributed by atoms with van der Waals surface area (Å²) in [4.78, 5) is 25.8. The van der Waals surface area contributed by atoms with Gasteiger partial charge in [-0.25, -0.2) is 0 Å². The molecule has 0 bridgehead atoms. The molecule has 0 amide bonds. The van der Waals surface area contributed by atoms with Gasteiger partial charge in [-0.3, -0.25) is 9.59 Å². The number of aliphatic hydroxyl groups is 7. The molecule has 0 aromatic carbocycles. The highest BCUT2D eigenvalue weighted by molar-refractivity contribution is 5.70. The van der Waals surface area contributed by atoms with Crippen molar-refractivity contribution in [1.29, 1.82) is 0 Å². The van der Waals surface area contributed by atoms with Crippen molar-refractivity contribution in [2.24, 2.45) is 0 Å². The summed E-state index contributed by atoms with van der Waals surface area (Å²) in [6, 6.07) is 0. The molecule has 0 aliphatic carbocycles. The molecule has 0 saturated carbocycles. The lowest BCUT2D eigenvalue weighted by Crippen LogP contribution is -2.61. The Morgan fingerprint density at radius 3 is 1.26 bits per heavy atom. The van der Waals surface area contributed by atoms with Crippen LogP contribution >= 0.6 is 0 Å². The highest BCUT2D eigenvalue weighted by Crippen LogP contribution is 2.27. The molecule has 15 nitrogen and oxygen atoms in total. The van der Waals surface area contributed by atoms with E-state index in [1.54, 1.807) is 0 Å². The highest BCUT2D eigenvalue weighted by atomic mass is 16.7. The summed E-state index contributed by atoms with van der Waals surface area (Å²) in [6.07, 6.45) is 27.6. The summed E-state index contributed by atoms with van der Waals surface area (Å²) in [5, 5.41) is 72.2. The number of ether oxygens (including phenoxy) is 6. The van der Waals surface area contributed by atoms with Crippen LogP contribution in [0.3, 0.4) is 0 Å². The van der Waals surface area contributed by atoms with Gasteiger partial charge in [0.2, 0.25) is 0 Å². The topological polar surface area (TPSA) is 231 Å². The molecule has 0 aromatic heterocycles. The third-order valence-corrected chi connectivity index (χ3v) is 13.4. The molecule has 11 atom stereocenters. The number of rotatable bonds is 44. The predicted octanol–water partition coefficient (Wildman–Crippen LogP) is 8.72. The van der Waals surface area contributed by atoms with Gasteiger partial charge in [0, 0.05) is 12.8 Å². The Kier molecular flexibility index (Phi) is 38.8. The van der Waals surface area contributed by atoms with E-state index in [4.69, 9.17) is 28.4 Å². The Balaban J connectivity index is 1.78. The summed E-state index contributed by atoms with van der Waals surface area (Å²) in [5.41, 5.74) is 0. The predicted molar refractivity (Wildman–Crippen MR) is 271 cm³/mol. The van der Waals surface area contributed by atoms with E-state index in [1.165, 1.54) is 122 Å². The van der Waals surface area contributed by atoms with Crippen molar-refractivity contribution in [3.8, 4) is 0 Å². The normalized spacial score (nSPS) is 25.5. The highest BCUT2D eigenvalue weighted by Gasteiger charge is 2.47. The number of esters is 2. The largest absolute Gasteiger partial charge is 0.462 e. The lowest BCUT2D eigenvalue weighted by atomic mass is 9.98. The maximum atomic E-state index is 13.0. The first-order valence-electron chi connectivity index (χ1n) is 27.9. The molecule has 0 aromatic rings. The van der Waals surface area contributed by atoms with Crippen LogP contribution in [0.1, 0.15) is 219 Å². The average molecular weight is 1000 g/mol. The number of hydrogen-bond acceptors (Lipinski definition) is 15. The number of carbonyl (C=O) groups is 2. The molecule has 15 heteroatoms. The number of hydrogen-bond donors (Lipinski definition) is 7. The van der Waals surface area contributed by atoms with Crippen molar-refractivity contribution in [2.75, 3.05) is 26.4 Å². The Hall–Kier alpha value is -2.02. The number of unbranched alkanes of at least 4 members (excludes halogenated alkanes) is 26. The van der Waals surface area contributed by atoms with Gasteiger partial charge in [0.05, 0.1) is 19.8 Å². The minimum absolute atomic E-state index is 0.161. The molecule has 2 aliphatic rings. The van der Waals surface area contributed by atoms with Crippen LogP contribution in [-0.4, -0.2) is 142 Å². The van der Waals surface area contributed by atoms with Crippen molar-refractivity contribution in [1.82, 2.24) is 0 Å². The van der Waals surface area contributed by atoms with Crippen LogP contribution < -0.4 is 0 Å². The van der Waals surface area contributed by atoms with Crippen molar-refractivity contribution in [3.05, 3.63) is 24.3 Å². The smallest absolute Gasteiger partial charge is 0.306 e. The van der Waals surface area contributed by atoms with Gasteiger partial charge in [0.25, 0.3) is 0 Å². The number of carbonyl (C=O) groups excluding carboxylic acids is 2. The first-order chi connectivity index (χ1) is 34.0. The molecule has 2 aliphatic heterocycles. The van der Waals surface area contributed by atoms with Crippen LogP contribution in [0.15, 0.2) is 24.3 Å². The molecule has 0 unspecified atom stereocenters. The summed E-state index contributed by atoms with van der Waals surface area (Å²) in [7, 11) is 0. The fourth-order valence-corrected chi connectivity index (χ4v) is 8.80. The molecular formula is C55H100O15. The van der Waals surface area contributed by atoms with E-state index in [2.05, 4.69) is 38.2 Å². The van der Waals surface area contributed by atoms with E-state index < -0.39 is 92.7 Å². The van der Waals surface area contributed by atoms with E-state index in [0.29, 0.717) is 12.8 Å². The van der Waals surface area contributed by atoms with Gasteiger partial charge in [-0.15, -0.1) is 0 Å². The quantitative estimate of drug-likeness (QED) is 0.0172. The lowest BCUT2D eigenvalue weighted by Gasteiger charge is -2.42. The van der Waals surface area contributed by atoms with Crippen LogP contribution in [0.5, 0.6) is 0 Å². The second-order valence-corrected chi connectivity index (χ2v) is 19.8. The van der Waals surface area contributed by atoms with Crippen LogP contribution in [0.4, 0.5) is 0 Å². The van der Waals surface area contributed by atoms with Gasteiger partial charge < -0.3 is 64.2 Å². The van der Waals surface area contributed by atoms with Crippen molar-refractivity contribution in [3.63, 3.8) is 0 Å². The van der Waals surface area contributed by atoms with E-state index >= 15 is 0 Å². The third-order valence-electron chi connectivity index (χ3n) is 13.4.